The van der Waals surface area contributed by atoms with Gasteiger partial charge in [0, 0.05) is 34.8 Å². The highest BCUT2D eigenvalue weighted by Gasteiger charge is 2.30. The van der Waals surface area contributed by atoms with Crippen LogP contribution in [0.4, 0.5) is 13.2 Å². The Balaban J connectivity index is 1.66. The number of hydrogen-bond donors (Lipinski definition) is 0. The predicted molar refractivity (Wildman–Crippen MR) is 107 cm³/mol. The Morgan fingerprint density at radius 1 is 0.828 bits per heavy atom. The normalized spacial score (nSPS) is 11.7. The van der Waals surface area contributed by atoms with E-state index in [1.54, 1.807) is 6.20 Å². The van der Waals surface area contributed by atoms with Crippen molar-refractivity contribution in [2.75, 3.05) is 0 Å². The van der Waals surface area contributed by atoms with Gasteiger partial charge in [-0.2, -0.15) is 13.2 Å². The van der Waals surface area contributed by atoms with Gasteiger partial charge in [0.05, 0.1) is 5.56 Å². The first-order valence-corrected chi connectivity index (χ1v) is 9.27. The third-order valence-corrected chi connectivity index (χ3v) is 4.99. The molecule has 0 bridgehead atoms. The molecule has 4 aromatic rings. The van der Waals surface area contributed by atoms with Gasteiger partial charge in [-0.05, 0) is 30.2 Å². The number of alkyl halides is 3. The summed E-state index contributed by atoms with van der Waals surface area (Å²) < 4.78 is 40.4. The number of carbonyl (C=O) groups is 1. The molecule has 0 aliphatic carbocycles. The van der Waals surface area contributed by atoms with Crippen molar-refractivity contribution in [2.45, 2.75) is 19.1 Å². The predicted octanol–water partition coefficient (Wildman–Crippen LogP) is 6.13. The minimum Gasteiger partial charge on any atom is -0.346 e. The molecule has 29 heavy (non-hydrogen) atoms. The summed E-state index contributed by atoms with van der Waals surface area (Å²) in [4.78, 5) is 13.0. The summed E-state index contributed by atoms with van der Waals surface area (Å²) in [5, 5.41) is 0.797. The maximum absolute atomic E-state index is 13.0. The second-order valence-corrected chi connectivity index (χ2v) is 6.89. The number of hydrogen-bond acceptors (Lipinski definition) is 1. The fourth-order valence-electron chi connectivity index (χ4n) is 3.47. The van der Waals surface area contributed by atoms with Crippen LogP contribution in [0.1, 0.15) is 27.0 Å². The topological polar surface area (TPSA) is 22.0 Å². The zero-order chi connectivity index (χ0) is 20.4. The molecule has 0 amide bonds. The number of fused-ring (bicyclic) bond motifs is 1. The first-order valence-electron chi connectivity index (χ1n) is 9.27. The van der Waals surface area contributed by atoms with Crippen molar-refractivity contribution in [1.29, 1.82) is 0 Å². The molecule has 0 unspecified atom stereocenters. The van der Waals surface area contributed by atoms with Crippen LogP contribution in [0.5, 0.6) is 0 Å². The number of benzene rings is 3. The van der Waals surface area contributed by atoms with Gasteiger partial charge in [-0.15, -0.1) is 0 Å². The maximum atomic E-state index is 13.0. The molecule has 0 radical (unpaired) electrons. The van der Waals surface area contributed by atoms with E-state index in [-0.39, 0.29) is 11.3 Å². The second kappa shape index (κ2) is 7.59. The highest BCUT2D eigenvalue weighted by atomic mass is 19.4. The Morgan fingerprint density at radius 2 is 1.48 bits per heavy atom. The van der Waals surface area contributed by atoms with Crippen LogP contribution in [-0.2, 0) is 19.1 Å². The molecule has 1 aromatic heterocycles. The van der Waals surface area contributed by atoms with Crippen molar-refractivity contribution in [3.8, 4) is 0 Å². The molecular weight excluding hydrogens is 375 g/mol. The lowest BCUT2D eigenvalue weighted by molar-refractivity contribution is -0.137. The lowest BCUT2D eigenvalue weighted by atomic mass is 10.0. The van der Waals surface area contributed by atoms with Gasteiger partial charge in [-0.1, -0.05) is 60.7 Å². The molecule has 1 heterocycles. The average molecular weight is 393 g/mol. The zero-order valence-electron chi connectivity index (χ0n) is 15.5. The first kappa shape index (κ1) is 19.0. The molecule has 0 saturated heterocycles. The van der Waals surface area contributed by atoms with Gasteiger partial charge in [0.1, 0.15) is 0 Å². The van der Waals surface area contributed by atoms with Crippen LogP contribution < -0.4 is 0 Å². The van der Waals surface area contributed by atoms with E-state index in [1.165, 1.54) is 17.7 Å². The summed E-state index contributed by atoms with van der Waals surface area (Å²) in [5.74, 6) is -0.284. The van der Waals surface area contributed by atoms with Crippen molar-refractivity contribution in [2.24, 2.45) is 0 Å². The summed E-state index contributed by atoms with van der Waals surface area (Å²) in [6.45, 7) is 0.699. The van der Waals surface area contributed by atoms with Crippen LogP contribution in [0.25, 0.3) is 10.9 Å². The number of halogens is 3. The summed E-state index contributed by atoms with van der Waals surface area (Å²) in [5.41, 5.74) is 2.09. The summed E-state index contributed by atoms with van der Waals surface area (Å²) in [6.07, 6.45) is -1.81. The molecule has 2 nitrogen and oxygen atoms in total. The van der Waals surface area contributed by atoms with E-state index in [4.69, 9.17) is 0 Å². The van der Waals surface area contributed by atoms with Crippen LogP contribution >= 0.6 is 0 Å². The lowest BCUT2D eigenvalue weighted by Gasteiger charge is -2.07. The Bertz CT molecular complexity index is 1140. The fraction of sp³-hybridized carbons (Fsp3) is 0.125. The Kier molecular flexibility index (Phi) is 4.97. The molecule has 0 fully saturated rings. The average Bonchev–Trinajstić information content (AvgIpc) is 3.11. The molecule has 4 rings (SSSR count). The minimum atomic E-state index is -4.42. The maximum Gasteiger partial charge on any atom is 0.416 e. The molecule has 0 saturated carbocycles. The summed E-state index contributed by atoms with van der Waals surface area (Å²) in [7, 11) is 0. The molecule has 0 spiro atoms. The van der Waals surface area contributed by atoms with E-state index in [0.29, 0.717) is 12.1 Å². The number of aryl methyl sites for hydroxylation is 2. The van der Waals surface area contributed by atoms with Crippen LogP contribution in [0.3, 0.4) is 0 Å². The van der Waals surface area contributed by atoms with E-state index >= 15 is 0 Å². The largest absolute Gasteiger partial charge is 0.416 e. The number of aromatic nitrogens is 1. The SMILES string of the molecule is O=C(c1ccc(C(F)(F)F)cc1)c1cn(CCc2ccccc2)c2ccccc12. The second-order valence-electron chi connectivity index (χ2n) is 6.89. The summed E-state index contributed by atoms with van der Waals surface area (Å²) >= 11 is 0. The molecular formula is C24H18F3NO. The zero-order valence-corrected chi connectivity index (χ0v) is 15.5. The highest BCUT2D eigenvalue weighted by Crippen LogP contribution is 2.30. The molecule has 0 aliphatic rings. The van der Waals surface area contributed by atoms with Crippen molar-refractivity contribution in [3.63, 3.8) is 0 Å². The third-order valence-electron chi connectivity index (χ3n) is 4.99. The van der Waals surface area contributed by atoms with Gasteiger partial charge in [0.15, 0.2) is 5.78 Å². The van der Waals surface area contributed by atoms with E-state index in [2.05, 4.69) is 12.1 Å². The van der Waals surface area contributed by atoms with Gasteiger partial charge in [-0.3, -0.25) is 4.79 Å². The first-order chi connectivity index (χ1) is 13.9. The number of rotatable bonds is 5. The van der Waals surface area contributed by atoms with Gasteiger partial charge < -0.3 is 4.57 Å². The molecule has 3 aromatic carbocycles. The third kappa shape index (κ3) is 3.94. The molecule has 146 valence electrons. The smallest absolute Gasteiger partial charge is 0.346 e. The molecule has 0 N–H and O–H groups in total. The van der Waals surface area contributed by atoms with Gasteiger partial charge in [-0.25, -0.2) is 0 Å². The minimum absolute atomic E-state index is 0.240. The lowest BCUT2D eigenvalue weighted by Crippen LogP contribution is -2.06. The van der Waals surface area contributed by atoms with Crippen molar-refractivity contribution < 1.29 is 18.0 Å². The quantitative estimate of drug-likeness (QED) is 0.374. The number of nitrogens with zero attached hydrogens (tertiary/aromatic N) is 1. The van der Waals surface area contributed by atoms with Gasteiger partial charge >= 0.3 is 6.18 Å². The Morgan fingerprint density at radius 3 is 2.17 bits per heavy atom. The van der Waals surface area contributed by atoms with Crippen LogP contribution in [-0.4, -0.2) is 10.4 Å². The number of carbonyl (C=O) groups excluding carboxylic acids is 1. The van der Waals surface area contributed by atoms with Gasteiger partial charge in [0.2, 0.25) is 0 Å². The van der Waals surface area contributed by atoms with E-state index < -0.39 is 11.7 Å². The van der Waals surface area contributed by atoms with Crippen LogP contribution in [0.2, 0.25) is 0 Å². The van der Waals surface area contributed by atoms with Crippen LogP contribution in [0, 0.1) is 0 Å². The van der Waals surface area contributed by atoms with Gasteiger partial charge in [0.25, 0.3) is 0 Å². The number of para-hydroxylation sites is 1. The highest BCUT2D eigenvalue weighted by molar-refractivity contribution is 6.16. The Labute approximate surface area is 166 Å². The molecule has 0 atom stereocenters. The van der Waals surface area contributed by atoms with E-state index in [1.807, 2.05) is 47.0 Å². The fourth-order valence-corrected chi connectivity index (χ4v) is 3.47. The van der Waals surface area contributed by atoms with Crippen molar-refractivity contribution in [3.05, 3.63) is 107 Å². The van der Waals surface area contributed by atoms with E-state index in [0.717, 1.165) is 29.5 Å². The monoisotopic (exact) mass is 393 g/mol. The molecule has 0 aliphatic heterocycles. The molecule has 5 heteroatoms. The Hall–Kier alpha value is -3.34. The van der Waals surface area contributed by atoms with Crippen molar-refractivity contribution in [1.82, 2.24) is 4.57 Å². The number of ketones is 1. The summed E-state index contributed by atoms with van der Waals surface area (Å²) in [6, 6.07) is 22.0. The standard InChI is InChI=1S/C24H18F3NO/c25-24(26,27)19-12-10-18(11-13-19)23(29)21-16-28(22-9-5-4-8-20(21)22)15-14-17-6-2-1-3-7-17/h1-13,16H,14-15H2. The van der Waals surface area contributed by atoms with Crippen molar-refractivity contribution >= 4 is 16.7 Å². The van der Waals surface area contributed by atoms with E-state index in [9.17, 15) is 18.0 Å². The van der Waals surface area contributed by atoms with Crippen LogP contribution in [0.15, 0.2) is 85.1 Å².